The molecule has 0 spiro atoms. The summed E-state index contributed by atoms with van der Waals surface area (Å²) in [4.78, 5) is 29.1. The minimum Gasteiger partial charge on any atom is -0.339 e. The average Bonchev–Trinajstić information content (AvgIpc) is 2.65. The summed E-state index contributed by atoms with van der Waals surface area (Å²) < 4.78 is 0.949. The Labute approximate surface area is 175 Å². The molecular formula is C15H30N12OS. The Morgan fingerprint density at radius 1 is 0.931 bits per heavy atom. The number of urea groups is 1. The number of carbonyl (C=O) groups is 1. The lowest BCUT2D eigenvalue weighted by Crippen LogP contribution is -2.54. The van der Waals surface area contributed by atoms with Crippen molar-refractivity contribution in [2.45, 2.75) is 37.0 Å². The highest BCUT2D eigenvalue weighted by Gasteiger charge is 2.29. The van der Waals surface area contributed by atoms with Gasteiger partial charge in [-0.2, -0.15) is 19.4 Å². The first-order valence-electron chi connectivity index (χ1n) is 9.50. The van der Waals surface area contributed by atoms with Crippen LogP contribution in [0.5, 0.6) is 0 Å². The number of anilines is 3. The Morgan fingerprint density at radius 3 is 1.72 bits per heavy atom. The average molecular weight is 427 g/mol. The maximum absolute atomic E-state index is 11.8. The molecule has 0 radical (unpaired) electrons. The number of hydrazine groups is 1. The van der Waals surface area contributed by atoms with Crippen LogP contribution in [0.4, 0.5) is 22.6 Å². The lowest BCUT2D eigenvalue weighted by molar-refractivity contribution is 0.232. The van der Waals surface area contributed by atoms with Crippen molar-refractivity contribution >= 4 is 36.7 Å². The molecule has 1 aromatic heterocycles. The number of carbonyl (C=O) groups excluding carboxylic acids is 1. The predicted octanol–water partition coefficient (Wildman–Crippen LogP) is -2.59. The van der Waals surface area contributed by atoms with Crippen LogP contribution in [0.2, 0.25) is 0 Å². The number of nitrogens with one attached hydrogen (secondary N) is 2. The van der Waals surface area contributed by atoms with Gasteiger partial charge in [-0.25, -0.2) is 4.79 Å². The third-order valence-electron chi connectivity index (χ3n) is 4.82. The second-order valence-corrected chi connectivity index (χ2v) is 7.96. The summed E-state index contributed by atoms with van der Waals surface area (Å²) in [6.07, 6.45) is 1.47. The summed E-state index contributed by atoms with van der Waals surface area (Å²) in [5.74, 6) is 0.980. The van der Waals surface area contributed by atoms with Gasteiger partial charge < -0.3 is 38.1 Å². The smallest absolute Gasteiger partial charge is 0.339 e. The molecule has 3 rings (SSSR count). The zero-order valence-electron chi connectivity index (χ0n) is 16.4. The molecule has 0 aromatic carbocycles. The molecule has 10 N–H and O–H groups in total. The van der Waals surface area contributed by atoms with Crippen molar-refractivity contribution in [1.82, 2.24) is 24.7 Å². The van der Waals surface area contributed by atoms with E-state index in [1.54, 1.807) is 0 Å². The van der Waals surface area contributed by atoms with Crippen molar-refractivity contribution in [2.75, 3.05) is 48.5 Å². The maximum atomic E-state index is 11.8. The van der Waals surface area contributed by atoms with E-state index in [1.807, 2.05) is 9.80 Å². The van der Waals surface area contributed by atoms with Crippen molar-refractivity contribution < 1.29 is 4.79 Å². The number of nitrogens with zero attached hydrogens (tertiary/aromatic N) is 6. The van der Waals surface area contributed by atoms with E-state index < -0.39 is 6.03 Å². The van der Waals surface area contributed by atoms with E-state index in [1.165, 1.54) is 7.05 Å². The van der Waals surface area contributed by atoms with Crippen LogP contribution in [0.25, 0.3) is 0 Å². The zero-order chi connectivity index (χ0) is 21.1. The Hall–Kier alpha value is -2.13. The van der Waals surface area contributed by atoms with Crippen LogP contribution in [0, 0.1) is 0 Å². The highest BCUT2D eigenvalue weighted by molar-refractivity contribution is 7.78. The summed E-state index contributed by atoms with van der Waals surface area (Å²) in [7, 11) is 1.49. The molecule has 2 saturated heterocycles. The standard InChI is InChI=1S/C15H30N12OS/c1-20-15(28)27(29)24-12-21-13(25-4-8(16)2-9(17)5-25)23-14(22-12)26-6-10(18)3-11(19)7-26/h8-11,29H,2-7,16-19H2,1H3,(H,20,28)(H,21,22,23,24)/t8-,9+,10-,11+. The van der Waals surface area contributed by atoms with Gasteiger partial charge in [-0.3, -0.25) is 5.43 Å². The van der Waals surface area contributed by atoms with Crippen LogP contribution in [0.1, 0.15) is 12.8 Å². The number of hydrogen-bond acceptors (Lipinski definition) is 12. The van der Waals surface area contributed by atoms with Crippen LogP contribution >= 0.6 is 12.8 Å². The van der Waals surface area contributed by atoms with Crippen LogP contribution in [-0.2, 0) is 0 Å². The first-order chi connectivity index (χ1) is 13.7. The number of aromatic nitrogens is 3. The molecule has 162 valence electrons. The van der Waals surface area contributed by atoms with Crippen molar-refractivity contribution in [1.29, 1.82) is 0 Å². The second kappa shape index (κ2) is 9.13. The number of piperidine rings is 2. The quantitative estimate of drug-likeness (QED) is 0.197. The van der Waals surface area contributed by atoms with Gasteiger partial charge in [0.25, 0.3) is 0 Å². The largest absolute Gasteiger partial charge is 0.346 e. The molecule has 2 aliphatic rings. The third kappa shape index (κ3) is 5.48. The Bertz CT molecular complexity index is 658. The minimum absolute atomic E-state index is 0.0838. The first-order valence-corrected chi connectivity index (χ1v) is 9.90. The van der Waals surface area contributed by atoms with Gasteiger partial charge in [-0.05, 0) is 25.7 Å². The number of nitrogens with two attached hydrogens (primary N) is 4. The number of thiol groups is 1. The first kappa shape index (κ1) is 21.6. The fourth-order valence-electron chi connectivity index (χ4n) is 3.62. The van der Waals surface area contributed by atoms with Crippen molar-refractivity contribution in [2.24, 2.45) is 22.9 Å². The van der Waals surface area contributed by atoms with Crippen LogP contribution in [0.3, 0.4) is 0 Å². The summed E-state index contributed by atoms with van der Waals surface area (Å²) in [6, 6.07) is -0.807. The molecule has 1 aromatic rings. The van der Waals surface area contributed by atoms with Crippen LogP contribution in [0.15, 0.2) is 0 Å². The van der Waals surface area contributed by atoms with Gasteiger partial charge in [0.1, 0.15) is 0 Å². The fraction of sp³-hybridized carbons (Fsp3) is 0.733. The fourth-order valence-corrected chi connectivity index (χ4v) is 3.81. The monoisotopic (exact) mass is 426 g/mol. The Kier molecular flexibility index (Phi) is 6.79. The molecule has 0 unspecified atom stereocenters. The van der Waals surface area contributed by atoms with E-state index in [0.29, 0.717) is 38.1 Å². The molecule has 3 heterocycles. The van der Waals surface area contributed by atoms with Gasteiger partial charge in [0.15, 0.2) is 0 Å². The van der Waals surface area contributed by atoms with Gasteiger partial charge >= 0.3 is 6.03 Å². The van der Waals surface area contributed by atoms with Crippen molar-refractivity contribution in [3.63, 3.8) is 0 Å². The van der Waals surface area contributed by atoms with Gasteiger partial charge in [0, 0.05) is 57.4 Å². The molecule has 0 bridgehead atoms. The van der Waals surface area contributed by atoms with E-state index in [4.69, 9.17) is 22.9 Å². The van der Waals surface area contributed by atoms with Crippen molar-refractivity contribution in [3.05, 3.63) is 0 Å². The van der Waals surface area contributed by atoms with E-state index in [2.05, 4.69) is 38.5 Å². The maximum Gasteiger partial charge on any atom is 0.346 e. The van der Waals surface area contributed by atoms with Gasteiger partial charge in [0.2, 0.25) is 17.8 Å². The molecule has 2 amide bonds. The summed E-state index contributed by atoms with van der Waals surface area (Å²) in [5.41, 5.74) is 27.2. The highest BCUT2D eigenvalue weighted by Crippen LogP contribution is 2.22. The minimum atomic E-state index is -0.471. The normalized spacial score (nSPS) is 27.5. The summed E-state index contributed by atoms with van der Waals surface area (Å²) in [6.45, 7) is 2.26. The lowest BCUT2D eigenvalue weighted by atomic mass is 10.0. The lowest BCUT2D eigenvalue weighted by Gasteiger charge is -2.37. The summed E-state index contributed by atoms with van der Waals surface area (Å²) in [5, 5.41) is 2.45. The van der Waals surface area contributed by atoms with Crippen LogP contribution < -0.4 is 43.5 Å². The molecule has 2 fully saturated rings. The molecule has 14 heteroatoms. The van der Waals surface area contributed by atoms with E-state index in [9.17, 15) is 4.79 Å². The topological polar surface area (TPSA) is 194 Å². The third-order valence-corrected chi connectivity index (χ3v) is 5.10. The molecule has 0 aliphatic carbocycles. The van der Waals surface area contributed by atoms with Crippen LogP contribution in [-0.4, -0.2) is 82.8 Å². The van der Waals surface area contributed by atoms with Gasteiger partial charge in [-0.1, -0.05) is 0 Å². The van der Waals surface area contributed by atoms with Gasteiger partial charge in [0.05, 0.1) is 0 Å². The molecular weight excluding hydrogens is 396 g/mol. The summed E-state index contributed by atoms with van der Waals surface area (Å²) >= 11 is 4.10. The molecule has 0 saturated carbocycles. The highest BCUT2D eigenvalue weighted by atomic mass is 32.1. The Balaban J connectivity index is 1.92. The number of hydrogen-bond donors (Lipinski definition) is 7. The van der Waals surface area contributed by atoms with Crippen molar-refractivity contribution in [3.8, 4) is 0 Å². The second-order valence-electron chi connectivity index (χ2n) is 7.56. The van der Waals surface area contributed by atoms with E-state index >= 15 is 0 Å². The molecule has 2 aliphatic heterocycles. The molecule has 13 nitrogen and oxygen atoms in total. The SMILES string of the molecule is CNC(=O)N(S)Nc1nc(N2C[C@H](N)C[C@H](N)C2)nc(N2C[C@H](N)C[C@H](N)C2)n1. The van der Waals surface area contributed by atoms with E-state index in [0.717, 1.165) is 17.3 Å². The Morgan fingerprint density at radius 2 is 1.34 bits per heavy atom. The predicted molar refractivity (Wildman–Crippen MR) is 114 cm³/mol. The molecule has 4 atom stereocenters. The zero-order valence-corrected chi connectivity index (χ0v) is 17.3. The van der Waals surface area contributed by atoms with Gasteiger partial charge in [-0.15, -0.1) is 0 Å². The number of amides is 2. The molecule has 29 heavy (non-hydrogen) atoms. The number of rotatable bonds is 4. The van der Waals surface area contributed by atoms with E-state index in [-0.39, 0.29) is 30.1 Å².